The number of benzene rings is 1. The fraction of sp³-hybridized carbons (Fsp3) is 0.571. The van der Waals surface area contributed by atoms with Gasteiger partial charge in [0.2, 0.25) is 0 Å². The first-order valence-corrected chi connectivity index (χ1v) is 6.46. The van der Waals surface area contributed by atoms with Crippen molar-refractivity contribution in [3.05, 3.63) is 29.6 Å². The predicted octanol–water partition coefficient (Wildman–Crippen LogP) is 2.40. The molecule has 0 spiro atoms. The van der Waals surface area contributed by atoms with Crippen LogP contribution < -0.4 is 10.5 Å². The van der Waals surface area contributed by atoms with E-state index in [0.29, 0.717) is 24.4 Å². The Hall–Kier alpha value is -1.13. The maximum atomic E-state index is 14.0. The molecule has 0 atom stereocenters. The maximum Gasteiger partial charge on any atom is 0.169 e. The summed E-state index contributed by atoms with van der Waals surface area (Å²) in [5, 5.41) is 0. The van der Waals surface area contributed by atoms with Gasteiger partial charge in [0.25, 0.3) is 0 Å². The summed E-state index contributed by atoms with van der Waals surface area (Å²) in [5.74, 6) is 0.0363. The summed E-state index contributed by atoms with van der Waals surface area (Å²) in [6.45, 7) is 5.06. The molecule has 0 aliphatic carbocycles. The molecule has 0 saturated carbocycles. The molecule has 102 valence electrons. The van der Waals surface area contributed by atoms with Crippen LogP contribution in [-0.4, -0.2) is 31.6 Å². The highest BCUT2D eigenvalue weighted by molar-refractivity contribution is 5.30. The molecule has 0 aliphatic heterocycles. The molecule has 0 fully saturated rings. The molecule has 0 radical (unpaired) electrons. The van der Waals surface area contributed by atoms with Gasteiger partial charge in [-0.3, -0.25) is 4.90 Å². The lowest BCUT2D eigenvalue weighted by Gasteiger charge is -2.22. The van der Waals surface area contributed by atoms with Gasteiger partial charge in [-0.1, -0.05) is 25.5 Å². The van der Waals surface area contributed by atoms with Crippen LogP contribution in [0.1, 0.15) is 25.3 Å². The molecular formula is C14H23FN2O. The van der Waals surface area contributed by atoms with Gasteiger partial charge < -0.3 is 10.5 Å². The Morgan fingerprint density at radius 2 is 2.11 bits per heavy atom. The monoisotopic (exact) mass is 254 g/mol. The highest BCUT2D eigenvalue weighted by atomic mass is 19.1. The Kier molecular flexibility index (Phi) is 6.68. The van der Waals surface area contributed by atoms with Gasteiger partial charge in [-0.05, 0) is 19.0 Å². The highest BCUT2D eigenvalue weighted by Crippen LogP contribution is 2.21. The third-order valence-electron chi connectivity index (χ3n) is 2.93. The number of methoxy groups -OCH3 is 1. The first kappa shape index (κ1) is 14.9. The van der Waals surface area contributed by atoms with Gasteiger partial charge in [0.15, 0.2) is 11.6 Å². The molecule has 18 heavy (non-hydrogen) atoms. The SMILES string of the molecule is CCCCN(CCN)Cc1cccc(OC)c1F. The summed E-state index contributed by atoms with van der Waals surface area (Å²) in [7, 11) is 1.48. The van der Waals surface area contributed by atoms with Crippen molar-refractivity contribution in [1.29, 1.82) is 0 Å². The molecule has 1 aromatic rings. The van der Waals surface area contributed by atoms with E-state index >= 15 is 0 Å². The van der Waals surface area contributed by atoms with Gasteiger partial charge >= 0.3 is 0 Å². The van der Waals surface area contributed by atoms with E-state index in [4.69, 9.17) is 10.5 Å². The average molecular weight is 254 g/mol. The Bertz CT molecular complexity index is 358. The van der Waals surface area contributed by atoms with Crippen molar-refractivity contribution in [3.63, 3.8) is 0 Å². The molecule has 0 aliphatic rings. The van der Waals surface area contributed by atoms with E-state index in [1.54, 1.807) is 12.1 Å². The van der Waals surface area contributed by atoms with Crippen LogP contribution in [0.25, 0.3) is 0 Å². The molecule has 0 amide bonds. The first-order chi connectivity index (χ1) is 8.72. The van der Waals surface area contributed by atoms with Crippen LogP contribution in [-0.2, 0) is 6.54 Å². The summed E-state index contributed by atoms with van der Waals surface area (Å²) < 4.78 is 19.0. The van der Waals surface area contributed by atoms with E-state index < -0.39 is 0 Å². The minimum atomic E-state index is -0.265. The zero-order chi connectivity index (χ0) is 13.4. The smallest absolute Gasteiger partial charge is 0.169 e. The van der Waals surface area contributed by atoms with Gasteiger partial charge in [0, 0.05) is 25.2 Å². The fourth-order valence-electron chi connectivity index (χ4n) is 1.91. The number of halogens is 1. The van der Waals surface area contributed by atoms with E-state index in [1.807, 2.05) is 6.07 Å². The number of hydrogen-bond acceptors (Lipinski definition) is 3. The number of rotatable bonds is 8. The zero-order valence-corrected chi connectivity index (χ0v) is 11.3. The Morgan fingerprint density at radius 1 is 1.33 bits per heavy atom. The van der Waals surface area contributed by atoms with Crippen molar-refractivity contribution < 1.29 is 9.13 Å². The molecule has 4 heteroatoms. The molecule has 1 rings (SSSR count). The normalized spacial score (nSPS) is 10.9. The largest absolute Gasteiger partial charge is 0.494 e. The van der Waals surface area contributed by atoms with Gasteiger partial charge in [0.05, 0.1) is 7.11 Å². The minimum Gasteiger partial charge on any atom is -0.494 e. The minimum absolute atomic E-state index is 0.265. The van der Waals surface area contributed by atoms with Crippen molar-refractivity contribution in [3.8, 4) is 5.75 Å². The van der Waals surface area contributed by atoms with Crippen LogP contribution in [0, 0.1) is 5.82 Å². The van der Waals surface area contributed by atoms with Crippen LogP contribution in [0.5, 0.6) is 5.75 Å². The van der Waals surface area contributed by atoms with Gasteiger partial charge in [-0.25, -0.2) is 4.39 Å². The molecule has 3 nitrogen and oxygen atoms in total. The van der Waals surface area contributed by atoms with Crippen molar-refractivity contribution >= 4 is 0 Å². The molecule has 0 saturated heterocycles. The van der Waals surface area contributed by atoms with Crippen LogP contribution in [0.3, 0.4) is 0 Å². The summed E-state index contributed by atoms with van der Waals surface area (Å²) >= 11 is 0. The van der Waals surface area contributed by atoms with Crippen molar-refractivity contribution in [2.24, 2.45) is 5.73 Å². The fourth-order valence-corrected chi connectivity index (χ4v) is 1.91. The van der Waals surface area contributed by atoms with Gasteiger partial charge in [-0.2, -0.15) is 0 Å². The van der Waals surface area contributed by atoms with E-state index in [9.17, 15) is 4.39 Å². The Labute approximate surface area is 109 Å². The second-order valence-electron chi connectivity index (χ2n) is 4.35. The summed E-state index contributed by atoms with van der Waals surface area (Å²) in [5.41, 5.74) is 6.25. The number of nitrogens with two attached hydrogens (primary N) is 1. The second kappa shape index (κ2) is 8.06. The van der Waals surface area contributed by atoms with Crippen LogP contribution in [0.15, 0.2) is 18.2 Å². The summed E-state index contributed by atoms with van der Waals surface area (Å²) in [6.07, 6.45) is 2.23. The number of hydrogen-bond donors (Lipinski definition) is 1. The Balaban J connectivity index is 2.73. The Morgan fingerprint density at radius 3 is 2.72 bits per heavy atom. The molecule has 2 N–H and O–H groups in total. The third kappa shape index (κ3) is 4.27. The summed E-state index contributed by atoms with van der Waals surface area (Å²) in [4.78, 5) is 2.18. The van der Waals surface area contributed by atoms with Crippen LogP contribution in [0.2, 0.25) is 0 Å². The van der Waals surface area contributed by atoms with Crippen LogP contribution >= 0.6 is 0 Å². The van der Waals surface area contributed by atoms with Crippen molar-refractivity contribution in [2.45, 2.75) is 26.3 Å². The molecule has 0 aromatic heterocycles. The molecular weight excluding hydrogens is 231 g/mol. The van der Waals surface area contributed by atoms with E-state index in [1.165, 1.54) is 7.11 Å². The van der Waals surface area contributed by atoms with E-state index in [-0.39, 0.29) is 5.82 Å². The molecule has 1 aromatic carbocycles. The third-order valence-corrected chi connectivity index (χ3v) is 2.93. The lowest BCUT2D eigenvalue weighted by molar-refractivity contribution is 0.263. The van der Waals surface area contributed by atoms with E-state index in [0.717, 1.165) is 25.9 Å². The molecule has 0 bridgehead atoms. The van der Waals surface area contributed by atoms with E-state index in [2.05, 4.69) is 11.8 Å². The van der Waals surface area contributed by atoms with Crippen molar-refractivity contribution in [1.82, 2.24) is 4.90 Å². The predicted molar refractivity (Wildman–Crippen MR) is 72.2 cm³/mol. The van der Waals surface area contributed by atoms with Crippen LogP contribution in [0.4, 0.5) is 4.39 Å². The molecule has 0 unspecified atom stereocenters. The van der Waals surface area contributed by atoms with Gasteiger partial charge in [0.1, 0.15) is 0 Å². The van der Waals surface area contributed by atoms with Gasteiger partial charge in [-0.15, -0.1) is 0 Å². The lowest BCUT2D eigenvalue weighted by Crippen LogP contribution is -2.30. The zero-order valence-electron chi connectivity index (χ0n) is 11.3. The first-order valence-electron chi connectivity index (χ1n) is 6.46. The number of nitrogens with zero attached hydrogens (tertiary/aromatic N) is 1. The second-order valence-corrected chi connectivity index (χ2v) is 4.35. The quantitative estimate of drug-likeness (QED) is 0.774. The average Bonchev–Trinajstić information content (AvgIpc) is 2.38. The maximum absolute atomic E-state index is 14.0. The lowest BCUT2D eigenvalue weighted by atomic mass is 10.1. The summed E-state index contributed by atoms with van der Waals surface area (Å²) in [6, 6.07) is 5.25. The number of ether oxygens (including phenoxy) is 1. The standard InChI is InChI=1S/C14H23FN2O/c1-3-4-9-17(10-8-16)11-12-6-5-7-13(18-2)14(12)15/h5-7H,3-4,8-11,16H2,1-2H3. The topological polar surface area (TPSA) is 38.5 Å². The molecule has 0 heterocycles. The van der Waals surface area contributed by atoms with Crippen molar-refractivity contribution in [2.75, 3.05) is 26.7 Å². The number of unbranched alkanes of at least 4 members (excludes halogenated alkanes) is 1. The highest BCUT2D eigenvalue weighted by Gasteiger charge is 2.11.